The normalized spacial score (nSPS) is 20.4. The molecule has 1 unspecified atom stereocenters. The predicted molar refractivity (Wildman–Crippen MR) is 131 cm³/mol. The van der Waals surface area contributed by atoms with Crippen LogP contribution in [0.2, 0.25) is 0 Å². The maximum atomic E-state index is 13.7. The number of morpholine rings is 1. The number of carbonyl (C=O) groups excluding carboxylic acids is 2. The lowest BCUT2D eigenvalue weighted by Crippen LogP contribution is -3.14. The Labute approximate surface area is 211 Å². The highest BCUT2D eigenvalue weighted by Gasteiger charge is 2.44. The molecule has 2 aromatic carbocycles. The van der Waals surface area contributed by atoms with Crippen LogP contribution in [0, 0.1) is 18.7 Å². The molecule has 0 aliphatic carbocycles. The molecule has 7 nitrogen and oxygen atoms in total. The first-order valence-corrected chi connectivity index (χ1v) is 12.4. The summed E-state index contributed by atoms with van der Waals surface area (Å²) in [7, 11) is 0. The average molecular weight is 497 g/mol. The van der Waals surface area contributed by atoms with Crippen molar-refractivity contribution in [3.8, 4) is 5.75 Å². The molecule has 1 atom stereocenters. The van der Waals surface area contributed by atoms with E-state index in [1.807, 2.05) is 6.92 Å². The number of quaternary nitrogens is 1. The molecule has 1 amide bonds. The van der Waals surface area contributed by atoms with Crippen LogP contribution in [0.15, 0.2) is 48.0 Å². The Kier molecular flexibility index (Phi) is 8.06. The largest absolute Gasteiger partial charge is 0.872 e. The number of ether oxygens (including phenoxy) is 2. The van der Waals surface area contributed by atoms with Gasteiger partial charge in [-0.1, -0.05) is 37.8 Å². The van der Waals surface area contributed by atoms with E-state index in [1.165, 1.54) is 34.1 Å². The standard InChI is InChI=1S/C28H33FN2O5/c1-18(2)17-36-23-9-6-21(16-19(23)3)26(32)24-25(20-4-7-22(29)8-5-20)31(28(34)27(24)33)11-10-30-12-14-35-15-13-30/h4-9,16,18,25,32H,10-15,17H2,1-3H3/b26-24+. The lowest BCUT2D eigenvalue weighted by atomic mass is 9.94. The minimum atomic E-state index is -0.865. The zero-order valence-corrected chi connectivity index (χ0v) is 21.0. The zero-order chi connectivity index (χ0) is 25.8. The monoisotopic (exact) mass is 496 g/mol. The van der Waals surface area contributed by atoms with Crippen molar-refractivity contribution in [2.24, 2.45) is 5.92 Å². The molecule has 2 aliphatic rings. The summed E-state index contributed by atoms with van der Waals surface area (Å²) in [4.78, 5) is 29.0. The SMILES string of the molecule is Cc1cc(/C([O-])=C2\C(=O)C(=O)N(CC[NH+]3CCOCC3)C2c2ccc(F)cc2)ccc1OCC(C)C. The van der Waals surface area contributed by atoms with Crippen molar-refractivity contribution in [3.63, 3.8) is 0 Å². The lowest BCUT2D eigenvalue weighted by Gasteiger charge is -2.30. The lowest BCUT2D eigenvalue weighted by molar-refractivity contribution is -0.907. The molecule has 1 N–H and O–H groups in total. The average Bonchev–Trinajstić information content (AvgIpc) is 3.12. The van der Waals surface area contributed by atoms with Crippen molar-refractivity contribution in [2.45, 2.75) is 26.8 Å². The highest BCUT2D eigenvalue weighted by molar-refractivity contribution is 6.46. The van der Waals surface area contributed by atoms with E-state index >= 15 is 0 Å². The van der Waals surface area contributed by atoms with E-state index in [0.29, 0.717) is 55.7 Å². The van der Waals surface area contributed by atoms with E-state index in [1.54, 1.807) is 18.2 Å². The molecular weight excluding hydrogens is 463 g/mol. The second kappa shape index (κ2) is 11.2. The molecular formula is C28H33FN2O5. The highest BCUT2D eigenvalue weighted by Crippen LogP contribution is 2.38. The van der Waals surface area contributed by atoms with Gasteiger partial charge in [-0.2, -0.15) is 0 Å². The summed E-state index contributed by atoms with van der Waals surface area (Å²) >= 11 is 0. The predicted octanol–water partition coefficient (Wildman–Crippen LogP) is 1.31. The minimum Gasteiger partial charge on any atom is -0.872 e. The quantitative estimate of drug-likeness (QED) is 0.339. The Morgan fingerprint density at radius 1 is 1.17 bits per heavy atom. The van der Waals surface area contributed by atoms with Gasteiger partial charge in [-0.15, -0.1) is 0 Å². The van der Waals surface area contributed by atoms with Crippen LogP contribution in [0.25, 0.3) is 5.76 Å². The second-order valence-electron chi connectivity index (χ2n) is 9.82. The topological polar surface area (TPSA) is 83.3 Å². The number of hydrogen-bond acceptors (Lipinski definition) is 5. The summed E-state index contributed by atoms with van der Waals surface area (Å²) in [5, 5.41) is 13.7. The summed E-state index contributed by atoms with van der Waals surface area (Å²) in [6.07, 6.45) is 0. The molecule has 2 aromatic rings. The maximum absolute atomic E-state index is 13.7. The number of likely N-dealkylation sites (tertiary alicyclic amines) is 1. The van der Waals surface area contributed by atoms with Crippen LogP contribution >= 0.6 is 0 Å². The second-order valence-corrected chi connectivity index (χ2v) is 9.82. The number of halogens is 1. The number of benzene rings is 2. The summed E-state index contributed by atoms with van der Waals surface area (Å²) < 4.78 is 24.9. The third-order valence-electron chi connectivity index (χ3n) is 6.63. The number of ketones is 1. The van der Waals surface area contributed by atoms with Gasteiger partial charge in [-0.05, 0) is 53.8 Å². The van der Waals surface area contributed by atoms with Gasteiger partial charge in [-0.25, -0.2) is 4.39 Å². The molecule has 2 heterocycles. The summed E-state index contributed by atoms with van der Waals surface area (Å²) in [5.74, 6) is -1.41. The number of amides is 1. The smallest absolute Gasteiger partial charge is 0.295 e. The van der Waals surface area contributed by atoms with Gasteiger partial charge >= 0.3 is 0 Å². The van der Waals surface area contributed by atoms with Gasteiger partial charge < -0.3 is 24.4 Å². The van der Waals surface area contributed by atoms with Crippen LogP contribution in [0.4, 0.5) is 4.39 Å². The first-order valence-electron chi connectivity index (χ1n) is 12.4. The van der Waals surface area contributed by atoms with Crippen LogP contribution < -0.4 is 14.7 Å². The number of nitrogens with one attached hydrogen (secondary N) is 1. The maximum Gasteiger partial charge on any atom is 0.295 e. The minimum absolute atomic E-state index is 0.0983. The van der Waals surface area contributed by atoms with Crippen LogP contribution in [-0.2, 0) is 14.3 Å². The molecule has 8 heteroatoms. The molecule has 0 saturated carbocycles. The molecule has 2 saturated heterocycles. The van der Waals surface area contributed by atoms with Gasteiger partial charge in [0, 0.05) is 5.57 Å². The van der Waals surface area contributed by atoms with Gasteiger partial charge in [-0.3, -0.25) is 9.59 Å². The molecule has 0 bridgehead atoms. The van der Waals surface area contributed by atoms with E-state index in [-0.39, 0.29) is 5.57 Å². The number of Topliss-reactive ketones (excluding diaryl/α,β-unsaturated/α-hetero) is 1. The summed E-state index contributed by atoms with van der Waals surface area (Å²) in [6, 6.07) is 9.78. The molecule has 192 valence electrons. The van der Waals surface area contributed by atoms with E-state index < -0.39 is 29.3 Å². The fourth-order valence-corrected chi connectivity index (χ4v) is 4.65. The third-order valence-corrected chi connectivity index (χ3v) is 6.63. The van der Waals surface area contributed by atoms with Gasteiger partial charge in [0.1, 0.15) is 24.7 Å². The molecule has 0 aromatic heterocycles. The molecule has 0 spiro atoms. The van der Waals surface area contributed by atoms with Crippen molar-refractivity contribution in [1.29, 1.82) is 0 Å². The van der Waals surface area contributed by atoms with Crippen molar-refractivity contribution in [3.05, 3.63) is 70.5 Å². The van der Waals surface area contributed by atoms with Crippen LogP contribution in [0.5, 0.6) is 5.75 Å². The Morgan fingerprint density at radius 2 is 1.86 bits per heavy atom. The molecule has 4 rings (SSSR count). The fraction of sp³-hybridized carbons (Fsp3) is 0.429. The van der Waals surface area contributed by atoms with Crippen molar-refractivity contribution in [2.75, 3.05) is 46.0 Å². The molecule has 0 radical (unpaired) electrons. The number of hydrogen-bond donors (Lipinski definition) is 1. The van der Waals surface area contributed by atoms with Gasteiger partial charge in [0.25, 0.3) is 5.91 Å². The van der Waals surface area contributed by atoms with Crippen molar-refractivity contribution >= 4 is 17.4 Å². The number of rotatable bonds is 8. The van der Waals surface area contributed by atoms with Crippen LogP contribution in [0.1, 0.15) is 36.6 Å². The highest BCUT2D eigenvalue weighted by atomic mass is 19.1. The molecule has 2 aliphatic heterocycles. The Balaban J connectivity index is 1.69. The molecule has 36 heavy (non-hydrogen) atoms. The van der Waals surface area contributed by atoms with Crippen molar-refractivity contribution in [1.82, 2.24) is 4.90 Å². The Bertz CT molecular complexity index is 1140. The van der Waals surface area contributed by atoms with Gasteiger partial charge in [0.15, 0.2) is 0 Å². The van der Waals surface area contributed by atoms with E-state index in [9.17, 15) is 19.1 Å². The van der Waals surface area contributed by atoms with Crippen LogP contribution in [0.3, 0.4) is 0 Å². The Hall–Kier alpha value is -3.23. The third kappa shape index (κ3) is 5.60. The van der Waals surface area contributed by atoms with Gasteiger partial charge in [0.05, 0.1) is 39.0 Å². The first-order chi connectivity index (χ1) is 17.3. The molecule has 2 fully saturated rings. The van der Waals surface area contributed by atoms with E-state index in [0.717, 1.165) is 18.7 Å². The Morgan fingerprint density at radius 3 is 2.50 bits per heavy atom. The van der Waals surface area contributed by atoms with Crippen molar-refractivity contribution < 1.29 is 33.5 Å². The number of nitrogens with zero attached hydrogens (tertiary/aromatic N) is 1. The number of carbonyl (C=O) groups is 2. The van der Waals surface area contributed by atoms with Crippen LogP contribution in [-0.4, -0.2) is 62.6 Å². The number of aryl methyl sites for hydroxylation is 1. The first kappa shape index (κ1) is 25.9. The van der Waals surface area contributed by atoms with Gasteiger partial charge in [0.2, 0.25) is 5.78 Å². The summed E-state index contributed by atoms with van der Waals surface area (Å²) in [5.41, 5.74) is 1.52. The van der Waals surface area contributed by atoms with E-state index in [2.05, 4.69) is 13.8 Å². The zero-order valence-electron chi connectivity index (χ0n) is 21.0. The summed E-state index contributed by atoms with van der Waals surface area (Å²) in [6.45, 7) is 10.4. The fourth-order valence-electron chi connectivity index (χ4n) is 4.65. The van der Waals surface area contributed by atoms with E-state index in [4.69, 9.17) is 9.47 Å².